The van der Waals surface area contributed by atoms with Crippen LogP contribution in [0, 0.1) is 0 Å². The van der Waals surface area contributed by atoms with Crippen LogP contribution >= 0.6 is 11.8 Å². The summed E-state index contributed by atoms with van der Waals surface area (Å²) in [5, 5.41) is 10.6. The van der Waals surface area contributed by atoms with Crippen molar-refractivity contribution in [2.45, 2.75) is 24.6 Å². The summed E-state index contributed by atoms with van der Waals surface area (Å²) in [5.41, 5.74) is 0. The summed E-state index contributed by atoms with van der Waals surface area (Å²) in [6.45, 7) is 1.22. The van der Waals surface area contributed by atoms with Gasteiger partial charge in [-0.25, -0.2) is 4.79 Å². The number of likely N-dealkylation sites (tertiary alicyclic amines) is 1. The first-order valence-electron chi connectivity index (χ1n) is 5.24. The minimum atomic E-state index is -1.16. The van der Waals surface area contributed by atoms with Crippen molar-refractivity contribution >= 4 is 35.5 Å². The van der Waals surface area contributed by atoms with Crippen molar-refractivity contribution in [2.24, 2.45) is 0 Å². The number of carbonyl (C=O) groups is 4. The minimum Gasteiger partial charge on any atom is -0.480 e. The zero-order chi connectivity index (χ0) is 13.9. The predicted octanol–water partition coefficient (Wildman–Crippen LogP) is -0.934. The first-order valence-corrected chi connectivity index (χ1v) is 6.29. The number of imide groups is 1. The van der Waals surface area contributed by atoms with Crippen molar-refractivity contribution in [1.82, 2.24) is 10.2 Å². The Kier molecular flexibility index (Phi) is 4.71. The number of carboxylic acids is 1. The number of amides is 3. The van der Waals surface area contributed by atoms with Gasteiger partial charge in [-0.2, -0.15) is 0 Å². The number of hydrogen-bond acceptors (Lipinski definition) is 5. The van der Waals surface area contributed by atoms with Gasteiger partial charge < -0.3 is 10.4 Å². The van der Waals surface area contributed by atoms with Crippen LogP contribution in [0.15, 0.2) is 0 Å². The average Bonchev–Trinajstić information content (AvgIpc) is 2.51. The fourth-order valence-electron chi connectivity index (χ4n) is 1.48. The van der Waals surface area contributed by atoms with E-state index in [1.165, 1.54) is 14.0 Å². The van der Waals surface area contributed by atoms with Crippen LogP contribution in [-0.4, -0.2) is 57.8 Å². The van der Waals surface area contributed by atoms with Crippen molar-refractivity contribution in [2.75, 3.05) is 12.8 Å². The maximum absolute atomic E-state index is 11.6. The number of thioether (sulfide) groups is 1. The standard InChI is InChI=1S/C10H14N2O5S/c1-5(13)11-6(10(16)17)4-18-7-3-8(14)12(2)9(7)15/h6-7H,3-4H2,1-2H3,(H,11,13)(H,16,17)/t6-,7?/m0/s1. The monoisotopic (exact) mass is 274 g/mol. The van der Waals surface area contributed by atoms with Crippen LogP contribution in [-0.2, 0) is 19.2 Å². The highest BCUT2D eigenvalue weighted by molar-refractivity contribution is 8.00. The highest BCUT2D eigenvalue weighted by Gasteiger charge is 2.37. The molecule has 7 nitrogen and oxygen atoms in total. The molecule has 2 atom stereocenters. The van der Waals surface area contributed by atoms with Crippen LogP contribution < -0.4 is 5.32 Å². The summed E-state index contributed by atoms with van der Waals surface area (Å²) in [6, 6.07) is -1.05. The van der Waals surface area contributed by atoms with E-state index in [4.69, 9.17) is 5.11 Å². The number of rotatable bonds is 5. The van der Waals surface area contributed by atoms with Crippen LogP contribution in [0.2, 0.25) is 0 Å². The van der Waals surface area contributed by atoms with E-state index < -0.39 is 23.2 Å². The molecule has 0 radical (unpaired) electrons. The zero-order valence-corrected chi connectivity index (χ0v) is 10.8. The van der Waals surface area contributed by atoms with Gasteiger partial charge in [0.25, 0.3) is 0 Å². The fraction of sp³-hybridized carbons (Fsp3) is 0.600. The lowest BCUT2D eigenvalue weighted by atomic mass is 10.3. The average molecular weight is 274 g/mol. The van der Waals surface area contributed by atoms with E-state index in [9.17, 15) is 19.2 Å². The molecule has 0 spiro atoms. The lowest BCUT2D eigenvalue weighted by molar-refractivity contribution is -0.141. The van der Waals surface area contributed by atoms with Crippen molar-refractivity contribution in [3.8, 4) is 0 Å². The van der Waals surface area contributed by atoms with Crippen molar-refractivity contribution in [3.63, 3.8) is 0 Å². The highest BCUT2D eigenvalue weighted by Crippen LogP contribution is 2.24. The Morgan fingerprint density at radius 3 is 2.56 bits per heavy atom. The molecule has 0 saturated carbocycles. The molecular formula is C10H14N2O5S. The van der Waals surface area contributed by atoms with E-state index in [0.717, 1.165) is 16.7 Å². The molecule has 1 aliphatic rings. The van der Waals surface area contributed by atoms with Gasteiger partial charge in [0.1, 0.15) is 6.04 Å². The molecule has 1 unspecified atom stereocenters. The molecular weight excluding hydrogens is 260 g/mol. The second-order valence-electron chi connectivity index (χ2n) is 3.91. The third kappa shape index (κ3) is 3.46. The van der Waals surface area contributed by atoms with Crippen molar-refractivity contribution in [1.29, 1.82) is 0 Å². The summed E-state index contributed by atoms with van der Waals surface area (Å²) < 4.78 is 0. The SMILES string of the molecule is CC(=O)N[C@@H](CSC1CC(=O)N(C)C1=O)C(=O)O. The van der Waals surface area contributed by atoms with Gasteiger partial charge >= 0.3 is 5.97 Å². The van der Waals surface area contributed by atoms with Gasteiger partial charge in [0.15, 0.2) is 0 Å². The Balaban J connectivity index is 2.53. The van der Waals surface area contributed by atoms with Crippen LogP contribution in [0.4, 0.5) is 0 Å². The number of carbonyl (C=O) groups excluding carboxylic acids is 3. The topological polar surface area (TPSA) is 104 Å². The maximum atomic E-state index is 11.6. The van der Waals surface area contributed by atoms with E-state index in [1.54, 1.807) is 0 Å². The Morgan fingerprint density at radius 1 is 1.56 bits per heavy atom. The van der Waals surface area contributed by atoms with Crippen molar-refractivity contribution < 1.29 is 24.3 Å². The second-order valence-corrected chi connectivity index (χ2v) is 5.14. The van der Waals surface area contributed by atoms with E-state index >= 15 is 0 Å². The molecule has 1 rings (SSSR count). The van der Waals surface area contributed by atoms with Crippen LogP contribution in [0.25, 0.3) is 0 Å². The van der Waals surface area contributed by atoms with E-state index in [1.807, 2.05) is 0 Å². The predicted molar refractivity (Wildman–Crippen MR) is 63.9 cm³/mol. The van der Waals surface area contributed by atoms with Crippen LogP contribution in [0.3, 0.4) is 0 Å². The highest BCUT2D eigenvalue weighted by atomic mass is 32.2. The minimum absolute atomic E-state index is 0.0481. The van der Waals surface area contributed by atoms with Crippen LogP contribution in [0.5, 0.6) is 0 Å². The molecule has 18 heavy (non-hydrogen) atoms. The molecule has 3 amide bonds. The molecule has 100 valence electrons. The first kappa shape index (κ1) is 14.5. The van der Waals surface area contributed by atoms with Gasteiger partial charge in [-0.05, 0) is 0 Å². The third-order valence-corrected chi connectivity index (χ3v) is 3.78. The molecule has 0 aromatic heterocycles. The maximum Gasteiger partial charge on any atom is 0.327 e. The summed E-state index contributed by atoms with van der Waals surface area (Å²) in [7, 11) is 1.40. The summed E-state index contributed by atoms with van der Waals surface area (Å²) in [6.07, 6.45) is 0.0758. The van der Waals surface area contributed by atoms with E-state index in [2.05, 4.69) is 5.32 Å². The van der Waals surface area contributed by atoms with Gasteiger partial charge in [-0.3, -0.25) is 19.3 Å². The Bertz CT molecular complexity index is 394. The molecule has 1 fully saturated rings. The van der Waals surface area contributed by atoms with Gasteiger partial charge in [0.05, 0.1) is 5.25 Å². The number of hydrogen-bond donors (Lipinski definition) is 2. The lowest BCUT2D eigenvalue weighted by Crippen LogP contribution is -2.42. The number of carboxylic acid groups (broad SMARTS) is 1. The molecule has 8 heteroatoms. The van der Waals surface area contributed by atoms with Crippen LogP contribution in [0.1, 0.15) is 13.3 Å². The number of nitrogens with one attached hydrogen (secondary N) is 1. The number of aliphatic carboxylic acids is 1. The molecule has 0 aromatic rings. The molecule has 0 aliphatic carbocycles. The zero-order valence-electron chi connectivity index (χ0n) is 10.0. The Morgan fingerprint density at radius 2 is 2.17 bits per heavy atom. The van der Waals surface area contributed by atoms with Gasteiger partial charge in [0, 0.05) is 26.1 Å². The fourth-order valence-corrected chi connectivity index (χ4v) is 2.70. The molecule has 1 saturated heterocycles. The molecule has 1 aliphatic heterocycles. The first-order chi connectivity index (χ1) is 8.32. The summed E-state index contributed by atoms with van der Waals surface area (Å²) >= 11 is 1.07. The van der Waals surface area contributed by atoms with E-state index in [-0.39, 0.29) is 24.0 Å². The number of nitrogens with zero attached hydrogens (tertiary/aromatic N) is 1. The molecule has 2 N–H and O–H groups in total. The van der Waals surface area contributed by atoms with E-state index in [0.29, 0.717) is 0 Å². The Hall–Kier alpha value is -1.57. The quantitative estimate of drug-likeness (QED) is 0.627. The normalized spacial score (nSPS) is 21.0. The smallest absolute Gasteiger partial charge is 0.327 e. The largest absolute Gasteiger partial charge is 0.480 e. The summed E-state index contributed by atoms with van der Waals surface area (Å²) in [5.74, 6) is -2.16. The van der Waals surface area contributed by atoms with Gasteiger partial charge in [0.2, 0.25) is 17.7 Å². The van der Waals surface area contributed by atoms with Gasteiger partial charge in [-0.1, -0.05) is 0 Å². The lowest BCUT2D eigenvalue weighted by Gasteiger charge is -2.14. The van der Waals surface area contributed by atoms with Crippen molar-refractivity contribution in [3.05, 3.63) is 0 Å². The third-order valence-electron chi connectivity index (χ3n) is 2.48. The molecule has 0 aromatic carbocycles. The Labute approximate surface area is 108 Å². The summed E-state index contributed by atoms with van der Waals surface area (Å²) in [4.78, 5) is 45.5. The van der Waals surface area contributed by atoms with Gasteiger partial charge in [-0.15, -0.1) is 11.8 Å². The molecule has 0 bridgehead atoms. The second kappa shape index (κ2) is 5.85. The molecule has 1 heterocycles.